The number of carbonyl (C=O) groups excluding carboxylic acids is 1. The summed E-state index contributed by atoms with van der Waals surface area (Å²) >= 11 is 13.5. The third-order valence-electron chi connectivity index (χ3n) is 3.00. The molecule has 0 radical (unpaired) electrons. The van der Waals surface area contributed by atoms with Crippen LogP contribution >= 0.6 is 34.5 Å². The van der Waals surface area contributed by atoms with Crippen LogP contribution in [0.2, 0.25) is 10.0 Å². The fraction of sp³-hybridized carbons (Fsp3) is 0.0667. The average molecular weight is 353 g/mol. The lowest BCUT2D eigenvalue weighted by molar-refractivity contribution is 0.102. The van der Waals surface area contributed by atoms with E-state index in [-0.39, 0.29) is 5.91 Å². The van der Waals surface area contributed by atoms with Gasteiger partial charge in [0.25, 0.3) is 5.91 Å². The molecule has 0 unspecified atom stereocenters. The Morgan fingerprint density at radius 2 is 2.05 bits per heavy atom. The first-order valence-corrected chi connectivity index (χ1v) is 7.85. The van der Waals surface area contributed by atoms with Gasteiger partial charge in [-0.3, -0.25) is 10.1 Å². The number of ether oxygens (including phenoxy) is 1. The van der Waals surface area contributed by atoms with Gasteiger partial charge in [-0.25, -0.2) is 4.98 Å². The zero-order valence-corrected chi connectivity index (χ0v) is 13.7. The SMILES string of the molecule is COc1ccc(C(=O)Nc2nc3c(Cl)cccc3s2)cc1Cl. The summed E-state index contributed by atoms with van der Waals surface area (Å²) in [5.74, 6) is 0.227. The van der Waals surface area contributed by atoms with Crippen molar-refractivity contribution in [2.24, 2.45) is 0 Å². The molecule has 0 aliphatic carbocycles. The van der Waals surface area contributed by atoms with Crippen LogP contribution in [0.4, 0.5) is 5.13 Å². The summed E-state index contributed by atoms with van der Waals surface area (Å²) in [6.45, 7) is 0. The smallest absolute Gasteiger partial charge is 0.257 e. The predicted molar refractivity (Wildman–Crippen MR) is 90.6 cm³/mol. The quantitative estimate of drug-likeness (QED) is 0.731. The molecular weight excluding hydrogens is 343 g/mol. The van der Waals surface area contributed by atoms with Crippen molar-refractivity contribution < 1.29 is 9.53 Å². The number of hydrogen-bond donors (Lipinski definition) is 1. The number of halogens is 2. The van der Waals surface area contributed by atoms with Gasteiger partial charge >= 0.3 is 0 Å². The van der Waals surface area contributed by atoms with E-state index in [9.17, 15) is 4.79 Å². The average Bonchev–Trinajstić information content (AvgIpc) is 2.91. The van der Waals surface area contributed by atoms with Crippen LogP contribution < -0.4 is 10.1 Å². The fourth-order valence-corrected chi connectivity index (χ4v) is 3.36. The predicted octanol–water partition coefficient (Wildman–Crippen LogP) is 4.86. The second-order valence-corrected chi connectivity index (χ2v) is 6.25. The van der Waals surface area contributed by atoms with Crippen LogP contribution in [-0.2, 0) is 0 Å². The molecule has 3 aromatic rings. The molecule has 1 heterocycles. The fourth-order valence-electron chi connectivity index (χ4n) is 1.95. The van der Waals surface area contributed by atoms with Gasteiger partial charge in [0.1, 0.15) is 11.3 Å². The summed E-state index contributed by atoms with van der Waals surface area (Å²) in [7, 11) is 1.52. The number of hydrogen-bond acceptors (Lipinski definition) is 4. The number of nitrogens with one attached hydrogen (secondary N) is 1. The molecule has 7 heteroatoms. The Balaban J connectivity index is 1.86. The molecule has 1 N–H and O–H groups in total. The first kappa shape index (κ1) is 15.1. The number of carbonyl (C=O) groups is 1. The standard InChI is InChI=1S/C15H10Cl2N2O2S/c1-21-11-6-5-8(7-10(11)17)14(20)19-15-18-13-9(16)3-2-4-12(13)22-15/h2-7H,1H3,(H,18,19,20). The van der Waals surface area contributed by atoms with Crippen molar-refractivity contribution in [1.82, 2.24) is 4.98 Å². The van der Waals surface area contributed by atoms with Crippen molar-refractivity contribution in [3.8, 4) is 5.75 Å². The highest BCUT2D eigenvalue weighted by Crippen LogP contribution is 2.31. The maximum atomic E-state index is 12.3. The molecule has 0 spiro atoms. The summed E-state index contributed by atoms with van der Waals surface area (Å²) in [5, 5.41) is 4.17. The monoisotopic (exact) mass is 352 g/mol. The second-order valence-electron chi connectivity index (χ2n) is 4.41. The second kappa shape index (κ2) is 6.12. The van der Waals surface area contributed by atoms with Gasteiger partial charge in [0.2, 0.25) is 0 Å². The molecule has 1 aromatic heterocycles. The summed E-state index contributed by atoms with van der Waals surface area (Å²) in [6, 6.07) is 10.3. The highest BCUT2D eigenvalue weighted by atomic mass is 35.5. The summed E-state index contributed by atoms with van der Waals surface area (Å²) < 4.78 is 5.98. The van der Waals surface area contributed by atoms with Crippen molar-refractivity contribution in [3.63, 3.8) is 0 Å². The van der Waals surface area contributed by atoms with Gasteiger partial charge in [0.15, 0.2) is 5.13 Å². The van der Waals surface area contributed by atoms with Crippen molar-refractivity contribution in [2.45, 2.75) is 0 Å². The lowest BCUT2D eigenvalue weighted by atomic mass is 10.2. The molecule has 0 fully saturated rings. The zero-order valence-electron chi connectivity index (χ0n) is 11.4. The number of amides is 1. The number of fused-ring (bicyclic) bond motifs is 1. The molecule has 0 aliphatic rings. The minimum atomic E-state index is -0.292. The third kappa shape index (κ3) is 2.88. The lowest BCUT2D eigenvalue weighted by Crippen LogP contribution is -2.11. The van der Waals surface area contributed by atoms with Gasteiger partial charge in [-0.05, 0) is 30.3 Å². The van der Waals surface area contributed by atoms with E-state index in [1.165, 1.54) is 18.4 Å². The maximum Gasteiger partial charge on any atom is 0.257 e. The molecule has 0 atom stereocenters. The van der Waals surface area contributed by atoms with E-state index in [0.29, 0.717) is 32.0 Å². The van der Waals surface area contributed by atoms with Crippen LogP contribution in [-0.4, -0.2) is 18.0 Å². The number of aromatic nitrogens is 1. The van der Waals surface area contributed by atoms with Gasteiger partial charge in [-0.1, -0.05) is 40.6 Å². The molecule has 112 valence electrons. The molecular formula is C15H10Cl2N2O2S. The van der Waals surface area contributed by atoms with Crippen LogP contribution in [0.1, 0.15) is 10.4 Å². The Morgan fingerprint density at radius 1 is 1.23 bits per heavy atom. The van der Waals surface area contributed by atoms with Crippen LogP contribution in [0.25, 0.3) is 10.2 Å². The van der Waals surface area contributed by atoms with Crippen molar-refractivity contribution >= 4 is 55.8 Å². The van der Waals surface area contributed by atoms with Crippen molar-refractivity contribution in [3.05, 3.63) is 52.0 Å². The maximum absolute atomic E-state index is 12.3. The van der Waals surface area contributed by atoms with E-state index in [4.69, 9.17) is 27.9 Å². The van der Waals surface area contributed by atoms with Gasteiger partial charge in [-0.2, -0.15) is 0 Å². The van der Waals surface area contributed by atoms with E-state index in [2.05, 4.69) is 10.3 Å². The van der Waals surface area contributed by atoms with Gasteiger partial charge in [-0.15, -0.1) is 0 Å². The Kier molecular flexibility index (Phi) is 4.20. The lowest BCUT2D eigenvalue weighted by Gasteiger charge is -2.05. The largest absolute Gasteiger partial charge is 0.495 e. The first-order valence-electron chi connectivity index (χ1n) is 6.28. The summed E-state index contributed by atoms with van der Waals surface area (Å²) in [4.78, 5) is 16.6. The molecule has 0 bridgehead atoms. The zero-order chi connectivity index (χ0) is 15.7. The van der Waals surface area contributed by atoms with Gasteiger partial charge < -0.3 is 4.74 Å². The normalized spacial score (nSPS) is 10.7. The number of nitrogens with zero attached hydrogens (tertiary/aromatic N) is 1. The Bertz CT molecular complexity index is 864. The highest BCUT2D eigenvalue weighted by molar-refractivity contribution is 7.22. The van der Waals surface area contributed by atoms with Crippen molar-refractivity contribution in [1.29, 1.82) is 0 Å². The van der Waals surface area contributed by atoms with E-state index in [1.807, 2.05) is 12.1 Å². The Labute approximate surface area is 140 Å². The van der Waals surface area contributed by atoms with Crippen LogP contribution in [0.15, 0.2) is 36.4 Å². The Hall–Kier alpha value is -1.82. The summed E-state index contributed by atoms with van der Waals surface area (Å²) in [6.07, 6.45) is 0. The van der Waals surface area contributed by atoms with Crippen LogP contribution in [0, 0.1) is 0 Å². The molecule has 0 aliphatic heterocycles. The third-order valence-corrected chi connectivity index (χ3v) is 4.54. The number of thiazole rings is 1. The minimum absolute atomic E-state index is 0.292. The minimum Gasteiger partial charge on any atom is -0.495 e. The summed E-state index contributed by atoms with van der Waals surface area (Å²) in [5.41, 5.74) is 1.10. The number of rotatable bonds is 3. The van der Waals surface area contributed by atoms with E-state index >= 15 is 0 Å². The van der Waals surface area contributed by atoms with E-state index in [1.54, 1.807) is 24.3 Å². The molecule has 1 amide bonds. The molecule has 22 heavy (non-hydrogen) atoms. The van der Waals surface area contributed by atoms with Gasteiger partial charge in [0, 0.05) is 5.56 Å². The van der Waals surface area contributed by atoms with Crippen LogP contribution in [0.3, 0.4) is 0 Å². The van der Waals surface area contributed by atoms with E-state index < -0.39 is 0 Å². The molecule has 0 saturated carbocycles. The molecule has 4 nitrogen and oxygen atoms in total. The topological polar surface area (TPSA) is 51.2 Å². The molecule has 0 saturated heterocycles. The van der Waals surface area contributed by atoms with E-state index in [0.717, 1.165) is 4.70 Å². The molecule has 2 aromatic carbocycles. The number of anilines is 1. The van der Waals surface area contributed by atoms with Gasteiger partial charge in [0.05, 0.1) is 21.9 Å². The number of methoxy groups -OCH3 is 1. The Morgan fingerprint density at radius 3 is 2.73 bits per heavy atom. The van der Waals surface area contributed by atoms with Crippen LogP contribution in [0.5, 0.6) is 5.75 Å². The number of para-hydroxylation sites is 1. The number of benzene rings is 2. The first-order chi connectivity index (χ1) is 10.6. The molecule has 3 rings (SSSR count). The van der Waals surface area contributed by atoms with Crippen molar-refractivity contribution in [2.75, 3.05) is 12.4 Å². The highest BCUT2D eigenvalue weighted by Gasteiger charge is 2.13.